The zero-order valence-electron chi connectivity index (χ0n) is 10.7. The summed E-state index contributed by atoms with van der Waals surface area (Å²) in [7, 11) is 0. The van der Waals surface area contributed by atoms with Gasteiger partial charge in [0.1, 0.15) is 5.78 Å². The molecule has 1 aromatic heterocycles. The van der Waals surface area contributed by atoms with Gasteiger partial charge < -0.3 is 9.84 Å². The van der Waals surface area contributed by atoms with Crippen molar-refractivity contribution >= 4 is 5.78 Å². The highest BCUT2D eigenvalue weighted by Crippen LogP contribution is 1.95. The minimum Gasteiger partial charge on any atom is -0.390 e. The second-order valence-corrected chi connectivity index (χ2v) is 3.17. The molecule has 1 aromatic rings. The summed E-state index contributed by atoms with van der Waals surface area (Å²) in [6, 6.07) is 0. The van der Waals surface area contributed by atoms with Gasteiger partial charge in [0.25, 0.3) is 0 Å². The molecule has 0 unspecified atom stereocenters. The van der Waals surface area contributed by atoms with Gasteiger partial charge in [0.2, 0.25) is 0 Å². The summed E-state index contributed by atoms with van der Waals surface area (Å²) in [4.78, 5) is 10.6. The van der Waals surface area contributed by atoms with Gasteiger partial charge in [-0.2, -0.15) is 0 Å². The quantitative estimate of drug-likeness (QED) is 0.716. The van der Waals surface area contributed by atoms with Gasteiger partial charge in [-0.05, 0) is 6.92 Å². The first-order chi connectivity index (χ1) is 8.24. The van der Waals surface area contributed by atoms with E-state index in [1.165, 1.54) is 13.1 Å². The van der Waals surface area contributed by atoms with Crippen molar-refractivity contribution in [2.24, 2.45) is 0 Å². The normalized spacial score (nSPS) is 9.65. The number of aliphatic hydroxyl groups excluding tert-OH is 1. The number of aliphatic hydroxyl groups is 1. The third-order valence-corrected chi connectivity index (χ3v) is 1.91. The average Bonchev–Trinajstić information content (AvgIpc) is 2.78. The van der Waals surface area contributed by atoms with E-state index < -0.39 is 0 Å². The van der Waals surface area contributed by atoms with Crippen LogP contribution in [0.15, 0.2) is 6.20 Å². The van der Waals surface area contributed by atoms with E-state index in [1.54, 1.807) is 4.68 Å². The van der Waals surface area contributed by atoms with E-state index in [0.29, 0.717) is 31.9 Å². The zero-order chi connectivity index (χ0) is 13.1. The first-order valence-electron chi connectivity index (χ1n) is 5.79. The van der Waals surface area contributed by atoms with Crippen LogP contribution < -0.4 is 0 Å². The van der Waals surface area contributed by atoms with Crippen LogP contribution in [0.5, 0.6) is 0 Å². The van der Waals surface area contributed by atoms with E-state index in [-0.39, 0.29) is 12.4 Å². The molecule has 1 rings (SSSR count). The predicted molar refractivity (Wildman–Crippen MR) is 63.4 cm³/mol. The third kappa shape index (κ3) is 6.80. The van der Waals surface area contributed by atoms with Crippen LogP contribution in [0.4, 0.5) is 0 Å². The molecule has 0 atom stereocenters. The van der Waals surface area contributed by atoms with Crippen LogP contribution in [-0.4, -0.2) is 39.1 Å². The van der Waals surface area contributed by atoms with Gasteiger partial charge in [-0.15, -0.1) is 5.10 Å². The molecule has 0 saturated carbocycles. The minimum absolute atomic E-state index is 0.0829. The largest absolute Gasteiger partial charge is 0.390 e. The molecule has 98 valence electrons. The number of aromatic nitrogens is 3. The second kappa shape index (κ2) is 9.92. The molecular weight excluding hydrogens is 222 g/mol. The van der Waals surface area contributed by atoms with E-state index in [9.17, 15) is 4.79 Å². The first-order valence-corrected chi connectivity index (χ1v) is 5.79. The van der Waals surface area contributed by atoms with E-state index in [1.807, 2.05) is 13.8 Å². The molecule has 0 saturated heterocycles. The molecule has 1 N–H and O–H groups in total. The number of carbonyl (C=O) groups is 1. The number of hydrogen-bond acceptors (Lipinski definition) is 5. The predicted octanol–water partition coefficient (Wildman–Crippen LogP) is 0.792. The lowest BCUT2D eigenvalue weighted by Gasteiger charge is -2.04. The van der Waals surface area contributed by atoms with E-state index in [2.05, 4.69) is 10.3 Å². The van der Waals surface area contributed by atoms with Crippen molar-refractivity contribution in [3.8, 4) is 0 Å². The highest BCUT2D eigenvalue weighted by molar-refractivity contribution is 5.75. The zero-order valence-corrected chi connectivity index (χ0v) is 10.7. The molecule has 0 radical (unpaired) electrons. The Balaban J connectivity index is 0.00000121. The molecular formula is C11H21N3O3. The smallest absolute Gasteiger partial charge is 0.132 e. The fourth-order valence-electron chi connectivity index (χ4n) is 1.06. The van der Waals surface area contributed by atoms with Crippen molar-refractivity contribution in [1.29, 1.82) is 0 Å². The van der Waals surface area contributed by atoms with Crippen LogP contribution in [0.25, 0.3) is 0 Å². The van der Waals surface area contributed by atoms with Gasteiger partial charge in [0, 0.05) is 6.42 Å². The van der Waals surface area contributed by atoms with Crippen LogP contribution in [0.2, 0.25) is 0 Å². The average molecular weight is 243 g/mol. The Morgan fingerprint density at radius 2 is 2.18 bits per heavy atom. The summed E-state index contributed by atoms with van der Waals surface area (Å²) in [6.45, 7) is 6.88. The third-order valence-electron chi connectivity index (χ3n) is 1.91. The van der Waals surface area contributed by atoms with E-state index in [0.717, 1.165) is 0 Å². The maximum absolute atomic E-state index is 10.6. The lowest BCUT2D eigenvalue weighted by molar-refractivity contribution is -0.118. The van der Waals surface area contributed by atoms with Crippen LogP contribution >= 0.6 is 0 Å². The summed E-state index contributed by atoms with van der Waals surface area (Å²) >= 11 is 0. The first kappa shape index (κ1) is 15.7. The molecule has 1 heterocycles. The molecule has 6 nitrogen and oxygen atoms in total. The minimum atomic E-state index is -0.0829. The van der Waals surface area contributed by atoms with Crippen molar-refractivity contribution in [2.75, 3.05) is 13.2 Å². The monoisotopic (exact) mass is 243 g/mol. The number of hydrogen-bond donors (Lipinski definition) is 1. The molecule has 0 bridgehead atoms. The summed E-state index contributed by atoms with van der Waals surface area (Å²) < 4.78 is 6.80. The highest BCUT2D eigenvalue weighted by atomic mass is 16.5. The number of rotatable bonds is 7. The number of ether oxygens (including phenoxy) is 1. The lowest BCUT2D eigenvalue weighted by Crippen LogP contribution is -2.12. The van der Waals surface area contributed by atoms with Gasteiger partial charge >= 0.3 is 0 Å². The van der Waals surface area contributed by atoms with Crippen molar-refractivity contribution in [2.45, 2.75) is 40.3 Å². The summed E-state index contributed by atoms with van der Waals surface area (Å²) in [5.41, 5.74) is 0.658. The molecule has 0 fully saturated rings. The maximum Gasteiger partial charge on any atom is 0.132 e. The Hall–Kier alpha value is -1.27. The fourth-order valence-corrected chi connectivity index (χ4v) is 1.06. The SMILES string of the molecule is CC.CC(=O)CCOCCn1nncc1CO. The fraction of sp³-hybridized carbons (Fsp3) is 0.727. The van der Waals surface area contributed by atoms with Crippen LogP contribution in [0, 0.1) is 0 Å². The van der Waals surface area contributed by atoms with E-state index in [4.69, 9.17) is 9.84 Å². The number of carbonyl (C=O) groups excluding carboxylic acids is 1. The number of ketones is 1. The Morgan fingerprint density at radius 3 is 2.76 bits per heavy atom. The molecule has 0 amide bonds. The molecule has 0 aliphatic heterocycles. The maximum atomic E-state index is 10.6. The molecule has 0 spiro atoms. The van der Waals surface area contributed by atoms with Crippen molar-refractivity contribution in [3.63, 3.8) is 0 Å². The Labute approximate surface area is 102 Å². The summed E-state index contributed by atoms with van der Waals surface area (Å²) in [5, 5.41) is 16.3. The number of Topliss-reactive ketones (excluding diaryl/α,β-unsaturated/α-hetero) is 1. The second-order valence-electron chi connectivity index (χ2n) is 3.17. The van der Waals surface area contributed by atoms with Crippen LogP contribution in [0.1, 0.15) is 32.9 Å². The topological polar surface area (TPSA) is 77.2 Å². The van der Waals surface area contributed by atoms with Crippen molar-refractivity contribution in [1.82, 2.24) is 15.0 Å². The Kier molecular flexibility index (Phi) is 9.18. The highest BCUT2D eigenvalue weighted by Gasteiger charge is 2.01. The van der Waals surface area contributed by atoms with Gasteiger partial charge in [-0.3, -0.25) is 4.79 Å². The summed E-state index contributed by atoms with van der Waals surface area (Å²) in [6.07, 6.45) is 1.94. The van der Waals surface area contributed by atoms with Gasteiger partial charge in [0.15, 0.2) is 0 Å². The molecule has 6 heteroatoms. The number of nitrogens with zero attached hydrogens (tertiary/aromatic N) is 3. The molecule has 0 aromatic carbocycles. The molecule has 0 aliphatic rings. The lowest BCUT2D eigenvalue weighted by atomic mass is 10.3. The van der Waals surface area contributed by atoms with Crippen molar-refractivity contribution in [3.05, 3.63) is 11.9 Å². The Bertz CT molecular complexity index is 313. The van der Waals surface area contributed by atoms with Gasteiger partial charge in [-0.25, -0.2) is 4.68 Å². The summed E-state index contributed by atoms with van der Waals surface area (Å²) in [5.74, 6) is 0.117. The Morgan fingerprint density at radius 1 is 1.47 bits per heavy atom. The van der Waals surface area contributed by atoms with Crippen LogP contribution in [0.3, 0.4) is 0 Å². The molecule has 17 heavy (non-hydrogen) atoms. The van der Waals surface area contributed by atoms with Gasteiger partial charge in [-0.1, -0.05) is 19.1 Å². The standard InChI is InChI=1S/C9H15N3O3.C2H6/c1-8(14)2-4-15-5-3-12-9(7-13)6-10-11-12;1-2/h6,13H,2-5,7H2,1H3;1-2H3. The molecule has 0 aliphatic carbocycles. The van der Waals surface area contributed by atoms with Crippen molar-refractivity contribution < 1.29 is 14.6 Å². The van der Waals surface area contributed by atoms with E-state index >= 15 is 0 Å². The van der Waals surface area contributed by atoms with Gasteiger partial charge in [0.05, 0.1) is 38.3 Å². The van der Waals surface area contributed by atoms with Crippen LogP contribution in [-0.2, 0) is 22.7 Å².